The summed E-state index contributed by atoms with van der Waals surface area (Å²) in [6, 6.07) is 9.41. The Kier molecular flexibility index (Phi) is 5.30. The number of sulfonamides is 1. The van der Waals surface area contributed by atoms with E-state index in [4.69, 9.17) is 9.47 Å². The highest BCUT2D eigenvalue weighted by Gasteiger charge is 2.13. The van der Waals surface area contributed by atoms with E-state index in [1.807, 2.05) is 6.92 Å². The first-order chi connectivity index (χ1) is 11.4. The summed E-state index contributed by atoms with van der Waals surface area (Å²) in [7, 11) is -0.950. The molecular formula is C16H18N2O5S. The predicted molar refractivity (Wildman–Crippen MR) is 90.3 cm³/mol. The summed E-state index contributed by atoms with van der Waals surface area (Å²) in [5.74, 6) is 0.242. The van der Waals surface area contributed by atoms with E-state index >= 15 is 0 Å². The van der Waals surface area contributed by atoms with E-state index in [1.165, 1.54) is 44.7 Å². The molecule has 0 unspecified atom stereocenters. The average molecular weight is 350 g/mol. The van der Waals surface area contributed by atoms with Crippen LogP contribution >= 0.6 is 0 Å². The molecule has 0 fully saturated rings. The maximum atomic E-state index is 12.1. The van der Waals surface area contributed by atoms with Crippen LogP contribution < -0.4 is 14.3 Å². The third-order valence-corrected chi connectivity index (χ3v) is 4.46. The van der Waals surface area contributed by atoms with Gasteiger partial charge >= 0.3 is 0 Å². The van der Waals surface area contributed by atoms with Crippen molar-refractivity contribution in [1.29, 1.82) is 0 Å². The van der Waals surface area contributed by atoms with Gasteiger partial charge in [0.2, 0.25) is 5.75 Å². The molecule has 0 saturated carbocycles. The molecule has 0 aliphatic rings. The minimum Gasteiger partial charge on any atom is -0.502 e. The number of phenols is 1. The van der Waals surface area contributed by atoms with E-state index in [1.54, 1.807) is 12.1 Å². The topological polar surface area (TPSA) is 97.2 Å². The van der Waals surface area contributed by atoms with Gasteiger partial charge in [-0.3, -0.25) is 0 Å². The Hall–Kier alpha value is -2.74. The van der Waals surface area contributed by atoms with Crippen LogP contribution in [0.25, 0.3) is 0 Å². The largest absolute Gasteiger partial charge is 0.502 e. The fourth-order valence-electron chi connectivity index (χ4n) is 1.93. The van der Waals surface area contributed by atoms with E-state index in [2.05, 4.69) is 9.93 Å². The average Bonchev–Trinajstić information content (AvgIpc) is 2.56. The van der Waals surface area contributed by atoms with Gasteiger partial charge in [-0.15, -0.1) is 0 Å². The lowest BCUT2D eigenvalue weighted by Gasteiger charge is -2.09. The number of ether oxygens (including phenoxy) is 2. The standard InChI is InChI=1S/C16H18N2O5S/c1-11-4-6-13(7-5-11)24(20,21)18-17-10-12-8-14(22-2)16(19)15(9-12)23-3/h4-10,18-19H,1-3H3/b17-10+. The van der Waals surface area contributed by atoms with E-state index in [-0.39, 0.29) is 22.1 Å². The molecule has 0 aliphatic carbocycles. The van der Waals surface area contributed by atoms with Gasteiger partial charge in [0.05, 0.1) is 25.3 Å². The Morgan fingerprint density at radius 1 is 1.08 bits per heavy atom. The second kappa shape index (κ2) is 7.22. The first-order valence-electron chi connectivity index (χ1n) is 6.94. The fourth-order valence-corrected chi connectivity index (χ4v) is 2.72. The molecule has 0 aromatic heterocycles. The minimum absolute atomic E-state index is 0.117. The van der Waals surface area contributed by atoms with Crippen LogP contribution in [-0.4, -0.2) is 34.0 Å². The van der Waals surface area contributed by atoms with Crippen molar-refractivity contribution in [3.05, 3.63) is 47.5 Å². The molecule has 128 valence electrons. The highest BCUT2D eigenvalue weighted by molar-refractivity contribution is 7.89. The number of hydrazone groups is 1. The van der Waals surface area contributed by atoms with Crippen molar-refractivity contribution in [2.75, 3.05) is 14.2 Å². The number of aromatic hydroxyl groups is 1. The lowest BCUT2D eigenvalue weighted by molar-refractivity contribution is 0.340. The van der Waals surface area contributed by atoms with Crippen LogP contribution in [-0.2, 0) is 10.0 Å². The van der Waals surface area contributed by atoms with Gasteiger partial charge in [0.1, 0.15) is 0 Å². The van der Waals surface area contributed by atoms with Gasteiger partial charge in [-0.2, -0.15) is 13.5 Å². The van der Waals surface area contributed by atoms with Crippen molar-refractivity contribution in [2.24, 2.45) is 5.10 Å². The Morgan fingerprint density at radius 3 is 2.12 bits per heavy atom. The van der Waals surface area contributed by atoms with Crippen LogP contribution in [0, 0.1) is 6.92 Å². The molecule has 8 heteroatoms. The first-order valence-corrected chi connectivity index (χ1v) is 8.42. The van der Waals surface area contributed by atoms with Crippen molar-refractivity contribution in [1.82, 2.24) is 4.83 Å². The summed E-state index contributed by atoms with van der Waals surface area (Å²) in [5.41, 5.74) is 1.45. The van der Waals surface area contributed by atoms with E-state index in [0.29, 0.717) is 5.56 Å². The first kappa shape index (κ1) is 17.6. The minimum atomic E-state index is -3.75. The number of rotatable bonds is 6. The third kappa shape index (κ3) is 3.96. The van der Waals surface area contributed by atoms with Crippen molar-refractivity contribution < 1.29 is 23.0 Å². The zero-order chi connectivity index (χ0) is 17.7. The molecule has 0 bridgehead atoms. The Balaban J connectivity index is 2.21. The summed E-state index contributed by atoms with van der Waals surface area (Å²) >= 11 is 0. The Bertz CT molecular complexity index is 820. The van der Waals surface area contributed by atoms with E-state index < -0.39 is 10.0 Å². The number of nitrogens with zero attached hydrogens (tertiary/aromatic N) is 1. The molecule has 2 rings (SSSR count). The Labute approximate surface area is 140 Å². The molecule has 2 aromatic carbocycles. The Morgan fingerprint density at radius 2 is 1.62 bits per heavy atom. The van der Waals surface area contributed by atoms with Gasteiger partial charge in [-0.05, 0) is 31.2 Å². The summed E-state index contributed by atoms with van der Waals surface area (Å²) in [6.07, 6.45) is 1.29. The molecule has 2 aromatic rings. The third-order valence-electron chi connectivity index (χ3n) is 3.22. The van der Waals surface area contributed by atoms with Crippen molar-refractivity contribution >= 4 is 16.2 Å². The maximum absolute atomic E-state index is 12.1. The quantitative estimate of drug-likeness (QED) is 0.614. The number of phenolic OH excluding ortho intramolecular Hbond substituents is 1. The second-order valence-corrected chi connectivity index (χ2v) is 6.60. The molecule has 0 radical (unpaired) electrons. The molecule has 0 aliphatic heterocycles. The highest BCUT2D eigenvalue weighted by Crippen LogP contribution is 2.36. The maximum Gasteiger partial charge on any atom is 0.276 e. The molecule has 0 heterocycles. The van der Waals surface area contributed by atoms with Crippen LogP contribution in [0.3, 0.4) is 0 Å². The molecule has 2 N–H and O–H groups in total. The van der Waals surface area contributed by atoms with Gasteiger partial charge in [0, 0.05) is 5.56 Å². The number of hydrogen-bond acceptors (Lipinski definition) is 6. The summed E-state index contributed by atoms with van der Waals surface area (Å²) < 4.78 is 34.3. The van der Waals surface area contributed by atoms with Crippen LogP contribution in [0.5, 0.6) is 17.2 Å². The second-order valence-electron chi connectivity index (χ2n) is 4.94. The van der Waals surface area contributed by atoms with Crippen LogP contribution in [0.1, 0.15) is 11.1 Å². The molecule has 0 saturated heterocycles. The van der Waals surface area contributed by atoms with Gasteiger partial charge in [-0.1, -0.05) is 17.7 Å². The monoisotopic (exact) mass is 350 g/mol. The van der Waals surface area contributed by atoms with Crippen molar-refractivity contribution in [3.63, 3.8) is 0 Å². The van der Waals surface area contributed by atoms with Crippen molar-refractivity contribution in [2.45, 2.75) is 11.8 Å². The van der Waals surface area contributed by atoms with Crippen molar-refractivity contribution in [3.8, 4) is 17.2 Å². The SMILES string of the molecule is COc1cc(/C=N/NS(=O)(=O)c2ccc(C)cc2)cc(OC)c1O. The van der Waals surface area contributed by atoms with Gasteiger partial charge in [0.25, 0.3) is 10.0 Å². The normalized spacial score (nSPS) is 11.5. The molecular weight excluding hydrogens is 332 g/mol. The van der Waals surface area contributed by atoms with Gasteiger partial charge < -0.3 is 14.6 Å². The molecule has 24 heavy (non-hydrogen) atoms. The highest BCUT2D eigenvalue weighted by atomic mass is 32.2. The molecule has 0 atom stereocenters. The number of hydrogen-bond donors (Lipinski definition) is 2. The smallest absolute Gasteiger partial charge is 0.276 e. The van der Waals surface area contributed by atoms with Crippen LogP contribution in [0.4, 0.5) is 0 Å². The lowest BCUT2D eigenvalue weighted by atomic mass is 10.2. The number of aryl methyl sites for hydroxylation is 1. The zero-order valence-electron chi connectivity index (χ0n) is 13.5. The zero-order valence-corrected chi connectivity index (χ0v) is 14.3. The van der Waals surface area contributed by atoms with E-state index in [0.717, 1.165) is 5.56 Å². The van der Waals surface area contributed by atoms with Gasteiger partial charge in [-0.25, -0.2) is 4.83 Å². The molecule has 0 spiro atoms. The van der Waals surface area contributed by atoms with Crippen LogP contribution in [0.2, 0.25) is 0 Å². The lowest BCUT2D eigenvalue weighted by Crippen LogP contribution is -2.18. The van der Waals surface area contributed by atoms with Crippen LogP contribution in [0.15, 0.2) is 46.4 Å². The van der Waals surface area contributed by atoms with Gasteiger partial charge in [0.15, 0.2) is 11.5 Å². The number of benzene rings is 2. The summed E-state index contributed by atoms with van der Waals surface area (Å²) in [5, 5.41) is 13.6. The summed E-state index contributed by atoms with van der Waals surface area (Å²) in [6.45, 7) is 1.87. The summed E-state index contributed by atoms with van der Waals surface area (Å²) in [4.78, 5) is 2.25. The number of nitrogens with one attached hydrogen (secondary N) is 1. The predicted octanol–water partition coefficient (Wildman–Crippen LogP) is 2.03. The fraction of sp³-hybridized carbons (Fsp3) is 0.188. The molecule has 0 amide bonds. The number of methoxy groups -OCH3 is 2. The molecule has 7 nitrogen and oxygen atoms in total. The van der Waals surface area contributed by atoms with E-state index in [9.17, 15) is 13.5 Å².